The minimum atomic E-state index is 0.361. The summed E-state index contributed by atoms with van der Waals surface area (Å²) in [4.78, 5) is 12.0. The fourth-order valence-electron chi connectivity index (χ4n) is 3.83. The molecule has 1 N–H and O–H groups in total. The van der Waals surface area contributed by atoms with Crippen molar-refractivity contribution in [1.29, 1.82) is 0 Å². The van der Waals surface area contributed by atoms with Gasteiger partial charge in [-0.25, -0.2) is 9.97 Å². The van der Waals surface area contributed by atoms with Crippen LogP contribution in [-0.4, -0.2) is 34.5 Å². The van der Waals surface area contributed by atoms with Gasteiger partial charge in [0.2, 0.25) is 0 Å². The number of aromatic nitrogens is 2. The van der Waals surface area contributed by atoms with E-state index in [0.29, 0.717) is 6.04 Å². The molecule has 0 bridgehead atoms. The predicted octanol–water partition coefficient (Wildman–Crippen LogP) is 3.36. The van der Waals surface area contributed by atoms with Crippen LogP contribution in [0.2, 0.25) is 0 Å². The number of hydrogen-bond acceptors (Lipinski definition) is 4. The molecule has 1 unspecified atom stereocenters. The topological polar surface area (TPSA) is 41.1 Å². The summed E-state index contributed by atoms with van der Waals surface area (Å²) in [6.07, 6.45) is 7.75. The first-order valence-electron chi connectivity index (χ1n) is 9.30. The van der Waals surface area contributed by atoms with E-state index in [2.05, 4.69) is 64.7 Å². The monoisotopic (exact) mass is 334 g/mol. The van der Waals surface area contributed by atoms with Gasteiger partial charge in [0.1, 0.15) is 5.82 Å². The number of hydrogen-bond donors (Lipinski definition) is 1. The van der Waals surface area contributed by atoms with Crippen molar-refractivity contribution in [3.05, 3.63) is 64.7 Å². The van der Waals surface area contributed by atoms with Crippen LogP contribution in [0.4, 0.5) is 0 Å². The van der Waals surface area contributed by atoms with Crippen LogP contribution >= 0.6 is 0 Å². The van der Waals surface area contributed by atoms with Crippen molar-refractivity contribution in [1.82, 2.24) is 20.2 Å². The van der Waals surface area contributed by atoms with E-state index in [1.54, 1.807) is 0 Å². The van der Waals surface area contributed by atoms with Crippen molar-refractivity contribution in [3.63, 3.8) is 0 Å². The third kappa shape index (κ3) is 3.97. The molecule has 2 aliphatic heterocycles. The summed E-state index contributed by atoms with van der Waals surface area (Å²) < 4.78 is 0. The normalized spacial score (nSPS) is 21.3. The summed E-state index contributed by atoms with van der Waals surface area (Å²) >= 11 is 0. The second kappa shape index (κ2) is 7.46. The molecule has 0 amide bonds. The van der Waals surface area contributed by atoms with Gasteiger partial charge in [0.25, 0.3) is 0 Å². The molecule has 4 nitrogen and oxygen atoms in total. The summed E-state index contributed by atoms with van der Waals surface area (Å²) in [7, 11) is 0. The number of fused-ring (bicyclic) bond motifs is 1. The Morgan fingerprint density at radius 2 is 2.20 bits per heavy atom. The van der Waals surface area contributed by atoms with Gasteiger partial charge in [-0.3, -0.25) is 4.90 Å². The fourth-order valence-corrected chi connectivity index (χ4v) is 3.83. The third-order valence-corrected chi connectivity index (χ3v) is 5.09. The van der Waals surface area contributed by atoms with Crippen molar-refractivity contribution in [3.8, 4) is 0 Å². The van der Waals surface area contributed by atoms with E-state index < -0.39 is 0 Å². The Morgan fingerprint density at radius 3 is 3.00 bits per heavy atom. The van der Waals surface area contributed by atoms with E-state index in [1.165, 1.54) is 28.8 Å². The van der Waals surface area contributed by atoms with E-state index in [-0.39, 0.29) is 0 Å². The van der Waals surface area contributed by atoms with E-state index in [4.69, 9.17) is 4.98 Å². The van der Waals surface area contributed by atoms with Gasteiger partial charge in [-0.1, -0.05) is 42.0 Å². The highest BCUT2D eigenvalue weighted by Gasteiger charge is 2.23. The molecular formula is C21H26N4. The zero-order valence-electron chi connectivity index (χ0n) is 14.9. The van der Waals surface area contributed by atoms with Gasteiger partial charge in [-0.2, -0.15) is 0 Å². The summed E-state index contributed by atoms with van der Waals surface area (Å²) in [6, 6.07) is 10.9. The van der Waals surface area contributed by atoms with Crippen LogP contribution in [0.1, 0.15) is 48.5 Å². The highest BCUT2D eigenvalue weighted by Crippen LogP contribution is 2.23. The van der Waals surface area contributed by atoms with Gasteiger partial charge in [-0.05, 0) is 31.9 Å². The smallest absolute Gasteiger partial charge is 0.145 e. The Hall–Kier alpha value is -2.04. The lowest BCUT2D eigenvalue weighted by Gasteiger charge is -2.28. The van der Waals surface area contributed by atoms with Crippen molar-refractivity contribution in [2.45, 2.75) is 38.8 Å². The molecule has 0 radical (unpaired) electrons. The molecule has 1 aromatic heterocycles. The molecule has 3 heterocycles. The molecule has 1 aromatic carbocycles. The first kappa shape index (κ1) is 16.4. The molecule has 1 fully saturated rings. The van der Waals surface area contributed by atoms with Crippen LogP contribution in [0.15, 0.2) is 42.1 Å². The van der Waals surface area contributed by atoms with Crippen LogP contribution in [0.3, 0.4) is 0 Å². The van der Waals surface area contributed by atoms with Crippen LogP contribution in [-0.2, 0) is 13.0 Å². The lowest BCUT2D eigenvalue weighted by atomic mass is 10.1. The Kier molecular flexibility index (Phi) is 4.90. The van der Waals surface area contributed by atoms with Gasteiger partial charge < -0.3 is 5.32 Å². The fraction of sp³-hybridized carbons (Fsp3) is 0.429. The highest BCUT2D eigenvalue weighted by atomic mass is 15.1. The van der Waals surface area contributed by atoms with Crippen LogP contribution in [0.5, 0.6) is 0 Å². The maximum absolute atomic E-state index is 4.86. The zero-order valence-corrected chi connectivity index (χ0v) is 14.9. The molecule has 0 saturated carbocycles. The Balaban J connectivity index is 1.41. The Morgan fingerprint density at radius 1 is 1.32 bits per heavy atom. The summed E-state index contributed by atoms with van der Waals surface area (Å²) in [5.74, 6) is 0.991. The van der Waals surface area contributed by atoms with E-state index in [9.17, 15) is 0 Å². The van der Waals surface area contributed by atoms with Crippen LogP contribution in [0, 0.1) is 0 Å². The average molecular weight is 334 g/mol. The van der Waals surface area contributed by atoms with Gasteiger partial charge in [0.05, 0.1) is 6.04 Å². The van der Waals surface area contributed by atoms with E-state index in [1.807, 2.05) is 0 Å². The standard InChI is InChI=1S/C21H26N4/c1-16(12-17-6-3-2-4-7-17)14-25-11-9-19-18(15-25)13-23-21(24-19)20-8-5-10-22-20/h2-4,6-7,12-13,20,22H,5,8-11,14-15H2,1H3/b16-12+. The Labute approximate surface area is 150 Å². The number of rotatable bonds is 4. The first-order chi connectivity index (χ1) is 12.3. The second-order valence-corrected chi connectivity index (χ2v) is 7.21. The van der Waals surface area contributed by atoms with Gasteiger partial charge >= 0.3 is 0 Å². The molecule has 2 aromatic rings. The maximum Gasteiger partial charge on any atom is 0.145 e. The number of nitrogens with one attached hydrogen (secondary N) is 1. The molecule has 0 aliphatic carbocycles. The molecule has 1 atom stereocenters. The van der Waals surface area contributed by atoms with Crippen molar-refractivity contribution < 1.29 is 0 Å². The molecule has 25 heavy (non-hydrogen) atoms. The number of benzene rings is 1. The third-order valence-electron chi connectivity index (χ3n) is 5.09. The molecule has 2 aliphatic rings. The minimum Gasteiger partial charge on any atom is -0.307 e. The van der Waals surface area contributed by atoms with Crippen molar-refractivity contribution in [2.75, 3.05) is 19.6 Å². The van der Waals surface area contributed by atoms with Gasteiger partial charge in [0.15, 0.2) is 0 Å². The predicted molar refractivity (Wildman–Crippen MR) is 101 cm³/mol. The van der Waals surface area contributed by atoms with Gasteiger partial charge in [0, 0.05) is 43.5 Å². The maximum atomic E-state index is 4.86. The number of nitrogens with zero attached hydrogens (tertiary/aromatic N) is 3. The summed E-state index contributed by atoms with van der Waals surface area (Å²) in [6.45, 7) is 6.33. The highest BCUT2D eigenvalue weighted by molar-refractivity contribution is 5.52. The average Bonchev–Trinajstić information content (AvgIpc) is 3.17. The van der Waals surface area contributed by atoms with Crippen molar-refractivity contribution >= 4 is 6.08 Å². The summed E-state index contributed by atoms with van der Waals surface area (Å²) in [5, 5.41) is 3.49. The molecule has 4 heteroatoms. The molecular weight excluding hydrogens is 308 g/mol. The van der Waals surface area contributed by atoms with E-state index >= 15 is 0 Å². The largest absolute Gasteiger partial charge is 0.307 e. The van der Waals surface area contributed by atoms with E-state index in [0.717, 1.165) is 44.8 Å². The SMILES string of the molecule is C/C(=C\c1ccccc1)CN1CCc2nc(C3CCCN3)ncc2C1. The van der Waals surface area contributed by atoms with Crippen molar-refractivity contribution in [2.24, 2.45) is 0 Å². The molecule has 0 spiro atoms. The zero-order chi connectivity index (χ0) is 17.1. The molecule has 4 rings (SSSR count). The van der Waals surface area contributed by atoms with Crippen LogP contribution in [0.25, 0.3) is 6.08 Å². The van der Waals surface area contributed by atoms with Crippen LogP contribution < -0.4 is 5.32 Å². The summed E-state index contributed by atoms with van der Waals surface area (Å²) in [5.41, 5.74) is 5.21. The molecule has 1 saturated heterocycles. The molecule has 130 valence electrons. The lowest BCUT2D eigenvalue weighted by Crippen LogP contribution is -2.33. The van der Waals surface area contributed by atoms with Gasteiger partial charge in [-0.15, -0.1) is 0 Å². The quantitative estimate of drug-likeness (QED) is 0.931. The lowest BCUT2D eigenvalue weighted by molar-refractivity contribution is 0.272. The first-order valence-corrected chi connectivity index (χ1v) is 9.30. The second-order valence-electron chi connectivity index (χ2n) is 7.21. The Bertz CT molecular complexity index is 748. The minimum absolute atomic E-state index is 0.361.